The summed E-state index contributed by atoms with van der Waals surface area (Å²) in [6, 6.07) is -5.31. The van der Waals surface area contributed by atoms with Crippen LogP contribution in [0.25, 0.3) is 0 Å². The number of rotatable bonds is 15. The number of carboxylic acids is 1. The molecule has 10 N–H and O–H groups in total. The van der Waals surface area contributed by atoms with E-state index in [2.05, 4.69) is 22.5 Å². The number of aliphatic carboxylic acids is 1. The average molecular weight is 471 g/mol. The van der Waals surface area contributed by atoms with Gasteiger partial charge in [-0.05, 0) is 12.3 Å². The number of carboxylic acid groups (broad SMARTS) is 1. The maximum Gasteiger partial charge on any atom is 0.326 e. The average Bonchev–Trinajstić information content (AvgIpc) is 2.68. The molecule has 33 heavy (non-hydrogen) atoms. The third-order valence-corrected chi connectivity index (χ3v) is 4.60. The highest BCUT2D eigenvalue weighted by Crippen LogP contribution is 2.08. The Labute approximate surface area is 191 Å². The summed E-state index contributed by atoms with van der Waals surface area (Å²) in [4.78, 5) is 71.6. The number of nitrogens with two attached hydrogens (primary N) is 3. The molecule has 0 aromatic rings. The molecule has 5 atom stereocenters. The van der Waals surface area contributed by atoms with Gasteiger partial charge in [0.2, 0.25) is 29.5 Å². The molecule has 0 aliphatic heterocycles. The van der Waals surface area contributed by atoms with Gasteiger partial charge in [-0.25, -0.2) is 4.79 Å². The van der Waals surface area contributed by atoms with Crippen molar-refractivity contribution in [3.8, 4) is 0 Å². The van der Waals surface area contributed by atoms with E-state index in [9.17, 15) is 33.9 Å². The minimum atomic E-state index is -1.50. The zero-order chi connectivity index (χ0) is 25.9. The normalized spacial score (nSPS) is 15.3. The third-order valence-electron chi connectivity index (χ3n) is 4.60. The number of carbonyl (C=O) groups excluding carboxylic acids is 5. The molecule has 0 fully saturated rings. The van der Waals surface area contributed by atoms with Crippen LogP contribution in [0.3, 0.4) is 0 Å². The summed E-state index contributed by atoms with van der Waals surface area (Å²) >= 11 is 0. The zero-order valence-electron chi connectivity index (χ0n) is 19.0. The fourth-order valence-corrected chi connectivity index (χ4v) is 2.78. The van der Waals surface area contributed by atoms with E-state index in [1.165, 1.54) is 13.0 Å². The minimum absolute atomic E-state index is 0.0818. The van der Waals surface area contributed by atoms with E-state index < -0.39 is 78.4 Å². The van der Waals surface area contributed by atoms with Gasteiger partial charge in [-0.2, -0.15) is 0 Å². The van der Waals surface area contributed by atoms with Crippen LogP contribution >= 0.6 is 0 Å². The van der Waals surface area contributed by atoms with Crippen molar-refractivity contribution in [3.05, 3.63) is 12.7 Å². The number of primary amides is 2. The highest BCUT2D eigenvalue weighted by Gasteiger charge is 2.32. The number of nitrogens with one attached hydrogen (secondary N) is 3. The first kappa shape index (κ1) is 29.5. The highest BCUT2D eigenvalue weighted by molar-refractivity contribution is 5.96. The van der Waals surface area contributed by atoms with Gasteiger partial charge < -0.3 is 38.3 Å². The molecule has 0 aliphatic rings. The van der Waals surface area contributed by atoms with Crippen molar-refractivity contribution in [1.29, 1.82) is 0 Å². The lowest BCUT2D eigenvalue weighted by Crippen LogP contribution is -2.58. The Morgan fingerprint density at radius 1 is 0.848 bits per heavy atom. The summed E-state index contributed by atoms with van der Waals surface area (Å²) in [6.45, 7) is 8.55. The topological polar surface area (TPSA) is 237 Å². The van der Waals surface area contributed by atoms with Gasteiger partial charge in [0, 0.05) is 5.92 Å². The Morgan fingerprint density at radius 3 is 1.76 bits per heavy atom. The van der Waals surface area contributed by atoms with Crippen molar-refractivity contribution in [2.45, 2.75) is 64.2 Å². The van der Waals surface area contributed by atoms with Crippen molar-refractivity contribution in [2.24, 2.45) is 29.0 Å². The number of carbonyl (C=O) groups is 6. The summed E-state index contributed by atoms with van der Waals surface area (Å²) in [5.41, 5.74) is 15.8. The second kappa shape index (κ2) is 13.8. The molecule has 0 aromatic carbocycles. The predicted octanol–water partition coefficient (Wildman–Crippen LogP) is -2.53. The Morgan fingerprint density at radius 2 is 1.33 bits per heavy atom. The van der Waals surface area contributed by atoms with Crippen LogP contribution in [-0.2, 0) is 28.8 Å². The molecule has 0 rings (SSSR count). The standard InChI is InChI=1S/C20H34N6O7/c1-5-10(4)16(20(32)33)26-19(31)13(8-15(23)28)25-18(30)12(6-9(2)3)24-17(29)11(21)7-14(22)27/h5,9-13,16H,1,6-8,21H2,2-4H3,(H2,22,27)(H2,23,28)(H,24,29)(H,25,30)(H,26,31)(H,32,33)/t10-,11-,12-,13-,16-/m0/s1. The van der Waals surface area contributed by atoms with E-state index in [1.807, 2.05) is 0 Å². The first-order valence-corrected chi connectivity index (χ1v) is 10.3. The van der Waals surface area contributed by atoms with Crippen molar-refractivity contribution in [1.82, 2.24) is 16.0 Å². The molecule has 0 bridgehead atoms. The summed E-state index contributed by atoms with van der Waals surface area (Å²) < 4.78 is 0. The summed E-state index contributed by atoms with van der Waals surface area (Å²) in [5.74, 6) is -6.39. The van der Waals surface area contributed by atoms with Gasteiger partial charge in [0.15, 0.2) is 0 Å². The molecule has 0 saturated carbocycles. The Bertz CT molecular complexity index is 770. The fourth-order valence-electron chi connectivity index (χ4n) is 2.78. The number of amides is 5. The molecular weight excluding hydrogens is 436 g/mol. The SMILES string of the molecule is C=C[C@H](C)[C@H](NC(=O)[C@H](CC(N)=O)NC(=O)[C@H](CC(C)C)NC(=O)[C@@H](N)CC(N)=O)C(=O)O. The first-order chi connectivity index (χ1) is 15.2. The molecule has 186 valence electrons. The monoisotopic (exact) mass is 470 g/mol. The molecule has 0 saturated heterocycles. The summed E-state index contributed by atoms with van der Waals surface area (Å²) in [5, 5.41) is 16.3. The van der Waals surface area contributed by atoms with Gasteiger partial charge in [-0.3, -0.25) is 24.0 Å². The zero-order valence-corrected chi connectivity index (χ0v) is 19.0. The van der Waals surface area contributed by atoms with Crippen LogP contribution in [0, 0.1) is 11.8 Å². The second-order valence-electron chi connectivity index (χ2n) is 8.12. The minimum Gasteiger partial charge on any atom is -0.480 e. The van der Waals surface area contributed by atoms with E-state index in [0.717, 1.165) is 0 Å². The van der Waals surface area contributed by atoms with Crippen LogP contribution in [-0.4, -0.2) is 64.8 Å². The van der Waals surface area contributed by atoms with Crippen LogP contribution in [0.2, 0.25) is 0 Å². The summed E-state index contributed by atoms with van der Waals surface area (Å²) in [6.07, 6.45) is 0.407. The van der Waals surface area contributed by atoms with Crippen LogP contribution in [0.15, 0.2) is 12.7 Å². The Kier molecular flexibility index (Phi) is 12.4. The Hall–Kier alpha value is -3.48. The molecule has 0 aromatic heterocycles. The molecular formula is C20H34N6O7. The maximum atomic E-state index is 12.8. The first-order valence-electron chi connectivity index (χ1n) is 10.3. The van der Waals surface area contributed by atoms with Crippen molar-refractivity contribution in [2.75, 3.05) is 0 Å². The Balaban J connectivity index is 5.60. The van der Waals surface area contributed by atoms with Crippen LogP contribution < -0.4 is 33.2 Å². The molecule has 5 amide bonds. The second-order valence-corrected chi connectivity index (χ2v) is 8.12. The van der Waals surface area contributed by atoms with E-state index >= 15 is 0 Å². The van der Waals surface area contributed by atoms with E-state index in [-0.39, 0.29) is 12.3 Å². The van der Waals surface area contributed by atoms with Gasteiger partial charge in [-0.15, -0.1) is 6.58 Å². The fraction of sp³-hybridized carbons (Fsp3) is 0.600. The molecule has 13 heteroatoms. The van der Waals surface area contributed by atoms with E-state index in [1.54, 1.807) is 13.8 Å². The molecule has 0 radical (unpaired) electrons. The molecule has 0 heterocycles. The van der Waals surface area contributed by atoms with Crippen molar-refractivity contribution in [3.63, 3.8) is 0 Å². The lowest BCUT2D eigenvalue weighted by atomic mass is 10.0. The van der Waals surface area contributed by atoms with Gasteiger partial charge in [0.25, 0.3) is 0 Å². The molecule has 13 nitrogen and oxygen atoms in total. The quantitative estimate of drug-likeness (QED) is 0.126. The lowest BCUT2D eigenvalue weighted by Gasteiger charge is -2.26. The molecule has 0 unspecified atom stereocenters. The van der Waals surface area contributed by atoms with Crippen LogP contribution in [0.4, 0.5) is 0 Å². The highest BCUT2D eigenvalue weighted by atomic mass is 16.4. The van der Waals surface area contributed by atoms with Gasteiger partial charge in [0.1, 0.15) is 18.1 Å². The smallest absolute Gasteiger partial charge is 0.326 e. The summed E-state index contributed by atoms with van der Waals surface area (Å²) in [7, 11) is 0. The van der Waals surface area contributed by atoms with Crippen molar-refractivity contribution >= 4 is 35.5 Å². The number of hydrogen-bond donors (Lipinski definition) is 7. The maximum absolute atomic E-state index is 12.8. The molecule has 0 spiro atoms. The van der Waals surface area contributed by atoms with Crippen molar-refractivity contribution < 1.29 is 33.9 Å². The molecule has 0 aliphatic carbocycles. The predicted molar refractivity (Wildman–Crippen MR) is 118 cm³/mol. The van der Waals surface area contributed by atoms with E-state index in [0.29, 0.717) is 0 Å². The van der Waals surface area contributed by atoms with Gasteiger partial charge >= 0.3 is 5.97 Å². The van der Waals surface area contributed by atoms with Crippen LogP contribution in [0.1, 0.15) is 40.0 Å². The third kappa shape index (κ3) is 11.1. The number of hydrogen-bond acceptors (Lipinski definition) is 7. The van der Waals surface area contributed by atoms with Crippen LogP contribution in [0.5, 0.6) is 0 Å². The van der Waals surface area contributed by atoms with E-state index in [4.69, 9.17) is 17.2 Å². The largest absolute Gasteiger partial charge is 0.480 e. The lowest BCUT2D eigenvalue weighted by molar-refractivity contribution is -0.143. The van der Waals surface area contributed by atoms with Gasteiger partial charge in [-0.1, -0.05) is 26.8 Å². The van der Waals surface area contributed by atoms with Gasteiger partial charge in [0.05, 0.1) is 18.9 Å².